The number of halogens is 1. The summed E-state index contributed by atoms with van der Waals surface area (Å²) in [6.07, 6.45) is 4.44. The number of fused-ring (bicyclic) bond motifs is 1. The fourth-order valence-electron chi connectivity index (χ4n) is 4.45. The van der Waals surface area contributed by atoms with Gasteiger partial charge in [0.15, 0.2) is 5.76 Å². The molecule has 5 rings (SSSR count). The van der Waals surface area contributed by atoms with Gasteiger partial charge in [0.05, 0.1) is 6.26 Å². The number of aryl methyl sites for hydroxylation is 1. The second kappa shape index (κ2) is 7.91. The van der Waals surface area contributed by atoms with Crippen molar-refractivity contribution in [1.29, 1.82) is 5.26 Å². The number of piperidine rings is 1. The van der Waals surface area contributed by atoms with Crippen LogP contribution < -0.4 is 9.80 Å². The van der Waals surface area contributed by atoms with E-state index in [9.17, 15) is 14.4 Å². The van der Waals surface area contributed by atoms with Gasteiger partial charge in [-0.2, -0.15) is 10.2 Å². The van der Waals surface area contributed by atoms with E-state index in [1.807, 2.05) is 9.80 Å². The standard InChI is InChI=1S/C23H21FN4O3/c24-17-5-6-19-16(13-17)3-1-9-28(19)22(29)15-7-10-27(11-8-15)23-18(14-25)26-21(31-23)20-4-2-12-30-20/h2,4-6,12-13,15H,1,3,7-11H2. The minimum atomic E-state index is -0.268. The van der Waals surface area contributed by atoms with Crippen LogP contribution in [0.3, 0.4) is 0 Å². The van der Waals surface area contributed by atoms with E-state index in [1.54, 1.807) is 18.2 Å². The molecular weight excluding hydrogens is 399 g/mol. The Balaban J connectivity index is 1.30. The predicted octanol–water partition coefficient (Wildman–Crippen LogP) is 4.14. The van der Waals surface area contributed by atoms with E-state index in [-0.39, 0.29) is 29.2 Å². The number of aromatic nitrogens is 1. The molecule has 0 saturated carbocycles. The van der Waals surface area contributed by atoms with Gasteiger partial charge in [0.2, 0.25) is 17.5 Å². The minimum Gasteiger partial charge on any atom is -0.459 e. The molecule has 0 unspecified atom stereocenters. The lowest BCUT2D eigenvalue weighted by Crippen LogP contribution is -2.44. The number of amides is 1. The SMILES string of the molecule is N#Cc1nc(-c2ccco2)oc1N1CCC(C(=O)N2CCCc3cc(F)ccc32)CC1. The molecule has 0 bridgehead atoms. The van der Waals surface area contributed by atoms with Crippen molar-refractivity contribution in [2.75, 3.05) is 29.4 Å². The molecule has 158 valence electrons. The monoisotopic (exact) mass is 420 g/mol. The van der Waals surface area contributed by atoms with Crippen LogP contribution in [0, 0.1) is 23.1 Å². The van der Waals surface area contributed by atoms with Crippen molar-refractivity contribution in [3.05, 3.63) is 53.7 Å². The number of oxazole rings is 1. The first-order valence-electron chi connectivity index (χ1n) is 10.4. The molecule has 8 heteroatoms. The van der Waals surface area contributed by atoms with Crippen molar-refractivity contribution in [1.82, 2.24) is 4.98 Å². The van der Waals surface area contributed by atoms with Gasteiger partial charge in [-0.1, -0.05) is 0 Å². The van der Waals surface area contributed by atoms with Crippen LogP contribution in [0.2, 0.25) is 0 Å². The summed E-state index contributed by atoms with van der Waals surface area (Å²) < 4.78 is 24.7. The maximum Gasteiger partial charge on any atom is 0.266 e. The van der Waals surface area contributed by atoms with Gasteiger partial charge in [0.25, 0.3) is 5.89 Å². The third-order valence-corrected chi connectivity index (χ3v) is 6.00. The Morgan fingerprint density at radius 2 is 2.06 bits per heavy atom. The summed E-state index contributed by atoms with van der Waals surface area (Å²) in [7, 11) is 0. The van der Waals surface area contributed by atoms with Gasteiger partial charge in [-0.3, -0.25) is 4.79 Å². The van der Waals surface area contributed by atoms with Gasteiger partial charge >= 0.3 is 0 Å². The van der Waals surface area contributed by atoms with Crippen molar-refractivity contribution in [3.63, 3.8) is 0 Å². The molecule has 31 heavy (non-hydrogen) atoms. The van der Waals surface area contributed by atoms with Crippen molar-refractivity contribution in [2.45, 2.75) is 25.7 Å². The van der Waals surface area contributed by atoms with Gasteiger partial charge in [-0.25, -0.2) is 4.39 Å². The van der Waals surface area contributed by atoms with Gasteiger partial charge in [0.1, 0.15) is 11.9 Å². The highest BCUT2D eigenvalue weighted by molar-refractivity contribution is 5.96. The summed E-state index contributed by atoms with van der Waals surface area (Å²) in [5.41, 5.74) is 1.93. The topological polar surface area (TPSA) is 86.5 Å². The average Bonchev–Trinajstić information content (AvgIpc) is 3.48. The molecule has 1 fully saturated rings. The largest absolute Gasteiger partial charge is 0.459 e. The Morgan fingerprint density at radius 3 is 2.81 bits per heavy atom. The molecule has 0 aliphatic carbocycles. The zero-order valence-corrected chi connectivity index (χ0v) is 16.9. The fourth-order valence-corrected chi connectivity index (χ4v) is 4.45. The normalized spacial score (nSPS) is 16.8. The number of nitriles is 1. The van der Waals surface area contributed by atoms with E-state index >= 15 is 0 Å². The molecule has 0 spiro atoms. The number of benzene rings is 1. The molecule has 1 aromatic carbocycles. The first-order chi connectivity index (χ1) is 15.1. The van der Waals surface area contributed by atoms with E-state index in [0.717, 1.165) is 24.1 Å². The summed E-state index contributed by atoms with van der Waals surface area (Å²) >= 11 is 0. The van der Waals surface area contributed by atoms with Gasteiger partial charge in [-0.05, 0) is 61.6 Å². The molecule has 1 amide bonds. The van der Waals surface area contributed by atoms with Crippen molar-refractivity contribution in [2.24, 2.45) is 5.92 Å². The number of furan rings is 1. The number of carbonyl (C=O) groups excluding carboxylic acids is 1. The second-order valence-electron chi connectivity index (χ2n) is 7.89. The van der Waals surface area contributed by atoms with E-state index < -0.39 is 0 Å². The molecule has 0 N–H and O–H groups in total. The first-order valence-corrected chi connectivity index (χ1v) is 10.4. The molecule has 2 aromatic heterocycles. The summed E-state index contributed by atoms with van der Waals surface area (Å²) in [4.78, 5) is 21.2. The van der Waals surface area contributed by atoms with E-state index in [1.165, 1.54) is 18.4 Å². The third kappa shape index (κ3) is 3.56. The lowest BCUT2D eigenvalue weighted by Gasteiger charge is -2.36. The number of rotatable bonds is 3. The van der Waals surface area contributed by atoms with Gasteiger partial charge in [-0.15, -0.1) is 0 Å². The molecular formula is C23H21FN4O3. The number of hydrogen-bond donors (Lipinski definition) is 0. The Bertz CT molecular complexity index is 1140. The summed E-state index contributed by atoms with van der Waals surface area (Å²) in [6, 6.07) is 10.2. The average molecular weight is 420 g/mol. The Kier molecular flexibility index (Phi) is 4.94. The van der Waals surface area contributed by atoms with E-state index in [0.29, 0.717) is 44.1 Å². The smallest absolute Gasteiger partial charge is 0.266 e. The Morgan fingerprint density at radius 1 is 1.23 bits per heavy atom. The maximum atomic E-state index is 13.6. The highest BCUT2D eigenvalue weighted by atomic mass is 19.1. The minimum absolute atomic E-state index is 0.0848. The van der Waals surface area contributed by atoms with E-state index in [4.69, 9.17) is 8.83 Å². The highest BCUT2D eigenvalue weighted by Crippen LogP contribution is 2.34. The maximum absolute atomic E-state index is 13.6. The van der Waals surface area contributed by atoms with Crippen LogP contribution in [-0.2, 0) is 11.2 Å². The second-order valence-corrected chi connectivity index (χ2v) is 7.89. The summed E-state index contributed by atoms with van der Waals surface area (Å²) in [5.74, 6) is 0.848. The summed E-state index contributed by atoms with van der Waals surface area (Å²) in [5, 5.41) is 9.47. The Hall–Kier alpha value is -3.60. The number of anilines is 2. The molecule has 1 saturated heterocycles. The first kappa shape index (κ1) is 19.4. The quantitative estimate of drug-likeness (QED) is 0.633. The summed E-state index contributed by atoms with van der Waals surface area (Å²) in [6.45, 7) is 1.83. The highest BCUT2D eigenvalue weighted by Gasteiger charge is 2.33. The molecule has 7 nitrogen and oxygen atoms in total. The van der Waals surface area contributed by atoms with Crippen molar-refractivity contribution >= 4 is 17.5 Å². The van der Waals surface area contributed by atoms with Crippen LogP contribution in [0.5, 0.6) is 0 Å². The molecule has 3 aromatic rings. The van der Waals surface area contributed by atoms with Crippen molar-refractivity contribution < 1.29 is 18.0 Å². The van der Waals surface area contributed by atoms with Crippen LogP contribution in [0.25, 0.3) is 11.7 Å². The third-order valence-electron chi connectivity index (χ3n) is 6.00. The fraction of sp³-hybridized carbons (Fsp3) is 0.348. The number of hydrogen-bond acceptors (Lipinski definition) is 6. The Labute approximate surface area is 178 Å². The van der Waals surface area contributed by atoms with Gasteiger partial charge < -0.3 is 18.6 Å². The molecule has 2 aliphatic heterocycles. The van der Waals surface area contributed by atoms with Crippen LogP contribution in [0.1, 0.15) is 30.5 Å². The number of carbonyl (C=O) groups is 1. The van der Waals surface area contributed by atoms with Crippen LogP contribution in [-0.4, -0.2) is 30.5 Å². The molecule has 4 heterocycles. The zero-order valence-electron chi connectivity index (χ0n) is 16.9. The van der Waals surface area contributed by atoms with Gasteiger partial charge in [0, 0.05) is 31.2 Å². The van der Waals surface area contributed by atoms with E-state index in [2.05, 4.69) is 11.1 Å². The molecule has 2 aliphatic rings. The van der Waals surface area contributed by atoms with Crippen LogP contribution in [0.4, 0.5) is 16.0 Å². The van der Waals surface area contributed by atoms with Crippen molar-refractivity contribution in [3.8, 4) is 17.7 Å². The predicted molar refractivity (Wildman–Crippen MR) is 111 cm³/mol. The number of nitrogens with zero attached hydrogens (tertiary/aromatic N) is 4. The van der Waals surface area contributed by atoms with Crippen LogP contribution in [0.15, 0.2) is 45.4 Å². The lowest BCUT2D eigenvalue weighted by molar-refractivity contribution is -0.123. The molecule has 0 atom stereocenters. The lowest BCUT2D eigenvalue weighted by atomic mass is 9.93. The molecule has 0 radical (unpaired) electrons. The van der Waals surface area contributed by atoms with Crippen LogP contribution >= 0.6 is 0 Å². The zero-order chi connectivity index (χ0) is 21.4.